The standard InChI is InChI=1S/C19H20F4NO5P.C18H17F5NO5P.CH4/c1-10(2)27-19(25)12(4)24-30(26,28-13-8-6-5-7-9-13)29-18-15(21)11(3)14(20)16(22)17(18)23;1-9(2)27-18(25)10(3)24-30(26,28-11-7-5-4-6-8-11)29-17-15(22)13(20)12(19)14(21)16(17)23;/h5-10,12H,1-4H3,(H,24,26);4-10H,1-3H3,(H,24,26);1H4/t12-,30-;10-,30-;/m10./s1. The Morgan fingerprint density at radius 1 is 0.475 bits per heavy atom. The predicted molar refractivity (Wildman–Crippen MR) is 202 cm³/mol. The van der Waals surface area contributed by atoms with Gasteiger partial charge in [0.15, 0.2) is 17.5 Å². The third-order valence-corrected chi connectivity index (χ3v) is 10.2. The summed E-state index contributed by atoms with van der Waals surface area (Å²) in [5, 5.41) is 4.26. The first-order chi connectivity index (χ1) is 27.9. The summed E-state index contributed by atoms with van der Waals surface area (Å²) in [5.74, 6) is -24.4. The molecule has 0 amide bonds. The Bertz CT molecular complexity index is 2040. The van der Waals surface area contributed by atoms with Crippen LogP contribution in [0.5, 0.6) is 23.0 Å². The van der Waals surface area contributed by atoms with E-state index in [1.165, 1.54) is 76.2 Å². The van der Waals surface area contributed by atoms with Crippen LogP contribution in [0.1, 0.15) is 54.5 Å². The molecule has 0 saturated heterocycles. The van der Waals surface area contributed by atoms with E-state index in [4.69, 9.17) is 23.0 Å². The van der Waals surface area contributed by atoms with E-state index in [0.717, 1.165) is 6.92 Å². The van der Waals surface area contributed by atoms with Gasteiger partial charge in [-0.15, -0.1) is 0 Å². The maximum absolute atomic E-state index is 14.4. The quantitative estimate of drug-likeness (QED) is 0.0362. The van der Waals surface area contributed by atoms with E-state index in [2.05, 4.69) is 14.7 Å². The second-order valence-corrected chi connectivity index (χ2v) is 16.0. The van der Waals surface area contributed by atoms with Crippen LogP contribution in [0.2, 0.25) is 0 Å². The van der Waals surface area contributed by atoms with Crippen LogP contribution in [0.3, 0.4) is 0 Å². The van der Waals surface area contributed by atoms with Gasteiger partial charge in [-0.2, -0.15) is 23.3 Å². The molecule has 4 aromatic carbocycles. The van der Waals surface area contributed by atoms with Crippen molar-refractivity contribution in [2.75, 3.05) is 0 Å². The molecule has 61 heavy (non-hydrogen) atoms. The predicted octanol–water partition coefficient (Wildman–Crippen LogP) is 10.6. The molecule has 2 N–H and O–H groups in total. The molecule has 0 aliphatic heterocycles. The fourth-order valence-corrected chi connectivity index (χ4v) is 7.39. The number of hydrogen-bond acceptors (Lipinski definition) is 10. The SMILES string of the molecule is C.CC(C)OC(=O)[C@H](C)N[P@](=O)(Oc1ccccc1)Oc1c(F)c(F)c(F)c(F)c1F.Cc1c(F)c(F)c(F)c(O[P@@](=O)(N[C@H](C)C(=O)OC(C)C)Oc2ccccc2)c1F. The van der Waals surface area contributed by atoms with Crippen LogP contribution in [-0.2, 0) is 28.2 Å². The molecule has 4 aromatic rings. The zero-order chi connectivity index (χ0) is 45.3. The summed E-state index contributed by atoms with van der Waals surface area (Å²) in [5.41, 5.74) is -0.887. The summed E-state index contributed by atoms with van der Waals surface area (Å²) in [6.07, 6.45) is -1.05. The molecule has 0 unspecified atom stereocenters. The van der Waals surface area contributed by atoms with Crippen molar-refractivity contribution in [3.05, 3.63) is 119 Å². The number of nitrogens with one attached hydrogen (secondary N) is 2. The topological polar surface area (TPSA) is 148 Å². The maximum atomic E-state index is 14.4. The lowest BCUT2D eigenvalue weighted by atomic mass is 10.2. The lowest BCUT2D eigenvalue weighted by molar-refractivity contribution is -0.149. The normalized spacial score (nSPS) is 13.9. The summed E-state index contributed by atoms with van der Waals surface area (Å²) in [6, 6.07) is 11.7. The maximum Gasteiger partial charge on any atom is 0.513 e. The highest BCUT2D eigenvalue weighted by Gasteiger charge is 2.40. The molecule has 0 radical (unpaired) electrons. The molecule has 12 nitrogen and oxygen atoms in total. The first-order valence-corrected chi connectivity index (χ1v) is 20.4. The van der Waals surface area contributed by atoms with Crippen molar-refractivity contribution >= 4 is 27.4 Å². The molecular formula is C38H41F9N2O10P2. The van der Waals surface area contributed by atoms with Crippen molar-refractivity contribution in [3.63, 3.8) is 0 Å². The molecule has 0 aromatic heterocycles. The van der Waals surface area contributed by atoms with Gasteiger partial charge in [0.05, 0.1) is 12.2 Å². The third-order valence-electron chi connectivity index (χ3n) is 7.09. The smallest absolute Gasteiger partial charge is 0.462 e. The molecule has 0 saturated carbocycles. The molecule has 0 spiro atoms. The minimum atomic E-state index is -4.91. The number of halogens is 9. The monoisotopic (exact) mass is 918 g/mol. The van der Waals surface area contributed by atoms with Crippen molar-refractivity contribution < 1.29 is 85.8 Å². The fraction of sp³-hybridized carbons (Fsp3) is 0.316. The van der Waals surface area contributed by atoms with E-state index >= 15 is 0 Å². The summed E-state index contributed by atoms with van der Waals surface area (Å²) >= 11 is 0. The summed E-state index contributed by atoms with van der Waals surface area (Å²) in [7, 11) is -9.66. The fourth-order valence-electron chi connectivity index (χ4n) is 4.34. The average molecular weight is 919 g/mol. The highest BCUT2D eigenvalue weighted by Crippen LogP contribution is 2.49. The number of esters is 2. The van der Waals surface area contributed by atoms with Crippen LogP contribution in [0.4, 0.5) is 39.5 Å². The zero-order valence-electron chi connectivity index (χ0n) is 32.5. The van der Waals surface area contributed by atoms with E-state index in [1.54, 1.807) is 26.0 Å². The number of hydrogen-bond donors (Lipinski definition) is 2. The Kier molecular flexibility index (Phi) is 18.8. The van der Waals surface area contributed by atoms with Gasteiger partial charge in [0.2, 0.25) is 46.4 Å². The lowest BCUT2D eigenvalue weighted by Gasteiger charge is -2.24. The second kappa shape index (κ2) is 22.0. The van der Waals surface area contributed by atoms with E-state index in [9.17, 15) is 58.2 Å². The number of benzene rings is 4. The Balaban J connectivity index is 0.000000413. The van der Waals surface area contributed by atoms with Gasteiger partial charge in [-0.05, 0) is 72.7 Å². The molecule has 0 aliphatic carbocycles. The number of carbonyl (C=O) groups is 2. The molecule has 0 heterocycles. The second-order valence-electron chi connectivity index (χ2n) is 12.8. The van der Waals surface area contributed by atoms with Crippen LogP contribution in [-0.4, -0.2) is 36.2 Å². The molecule has 0 fully saturated rings. The van der Waals surface area contributed by atoms with Gasteiger partial charge in [-0.3, -0.25) is 9.59 Å². The number of ether oxygens (including phenoxy) is 2. The molecular weight excluding hydrogens is 877 g/mol. The average Bonchev–Trinajstić information content (AvgIpc) is 3.18. The number of rotatable bonds is 16. The van der Waals surface area contributed by atoms with E-state index < -0.39 is 121 Å². The third kappa shape index (κ3) is 13.9. The molecule has 23 heteroatoms. The van der Waals surface area contributed by atoms with Gasteiger partial charge in [-0.1, -0.05) is 43.8 Å². The van der Waals surface area contributed by atoms with E-state index in [1.807, 2.05) is 0 Å². The van der Waals surface area contributed by atoms with Gasteiger partial charge >= 0.3 is 27.4 Å². The van der Waals surface area contributed by atoms with Crippen LogP contribution in [0.25, 0.3) is 0 Å². The van der Waals surface area contributed by atoms with Crippen LogP contribution < -0.4 is 28.3 Å². The van der Waals surface area contributed by atoms with E-state index in [0.29, 0.717) is 0 Å². The highest BCUT2D eigenvalue weighted by molar-refractivity contribution is 7.52. The van der Waals surface area contributed by atoms with Crippen LogP contribution in [0, 0.1) is 59.3 Å². The first kappa shape index (κ1) is 51.9. The minimum Gasteiger partial charge on any atom is -0.462 e. The van der Waals surface area contributed by atoms with E-state index in [-0.39, 0.29) is 18.9 Å². The van der Waals surface area contributed by atoms with Crippen molar-refractivity contribution in [2.24, 2.45) is 0 Å². The Labute approximate surface area is 344 Å². The Morgan fingerprint density at radius 3 is 1.10 bits per heavy atom. The van der Waals surface area contributed by atoms with Crippen molar-refractivity contribution in [1.29, 1.82) is 0 Å². The zero-order valence-corrected chi connectivity index (χ0v) is 34.3. The summed E-state index contributed by atoms with van der Waals surface area (Å²) < 4.78 is 180. The summed E-state index contributed by atoms with van der Waals surface area (Å²) in [4.78, 5) is 24.0. The van der Waals surface area contributed by atoms with Gasteiger partial charge in [0, 0.05) is 5.56 Å². The molecule has 4 atom stereocenters. The first-order valence-electron chi connectivity index (χ1n) is 17.3. The number of carbonyl (C=O) groups excluding carboxylic acids is 2. The van der Waals surface area contributed by atoms with Crippen molar-refractivity contribution in [1.82, 2.24) is 10.2 Å². The summed E-state index contributed by atoms with van der Waals surface area (Å²) in [6.45, 7) is 9.50. The van der Waals surface area contributed by atoms with Gasteiger partial charge in [0.1, 0.15) is 23.6 Å². The molecule has 336 valence electrons. The van der Waals surface area contributed by atoms with Crippen molar-refractivity contribution in [2.45, 2.75) is 80.2 Å². The Morgan fingerprint density at radius 2 is 0.770 bits per heavy atom. The molecule has 4 rings (SSSR count). The molecule has 0 aliphatic rings. The Hall–Kier alpha value is -5.23. The number of para-hydroxylation sites is 2. The lowest BCUT2D eigenvalue weighted by Crippen LogP contribution is -2.37. The van der Waals surface area contributed by atoms with Crippen molar-refractivity contribution in [3.8, 4) is 23.0 Å². The van der Waals surface area contributed by atoms with Crippen LogP contribution in [0.15, 0.2) is 60.7 Å². The van der Waals surface area contributed by atoms with Gasteiger partial charge in [-0.25, -0.2) is 35.5 Å². The minimum absolute atomic E-state index is 0. The van der Waals surface area contributed by atoms with Gasteiger partial charge < -0.3 is 27.6 Å². The van der Waals surface area contributed by atoms with Crippen LogP contribution >= 0.6 is 15.5 Å². The largest absolute Gasteiger partial charge is 0.513 e. The highest BCUT2D eigenvalue weighted by atomic mass is 31.2. The van der Waals surface area contributed by atoms with Gasteiger partial charge in [0.25, 0.3) is 0 Å². The molecule has 0 bridgehead atoms.